The molecule has 0 spiro atoms. The summed E-state index contributed by atoms with van der Waals surface area (Å²) in [6.07, 6.45) is -23.5. The van der Waals surface area contributed by atoms with Gasteiger partial charge in [-0.1, -0.05) is 0 Å². The average molecular weight is 646 g/mol. The Kier molecular flexibility index (Phi) is 18.7. The second-order valence-corrected chi connectivity index (χ2v) is 8.12. The molecule has 4 nitrogen and oxygen atoms in total. The average Bonchev–Trinajstić information content (AvgIpc) is 2.60. The molecule has 1 heterocycles. The van der Waals surface area contributed by atoms with Crippen LogP contribution in [-0.4, -0.2) is 92.9 Å². The number of halogens is 14. The third kappa shape index (κ3) is 14.5. The minimum atomic E-state index is -5.00. The van der Waals surface area contributed by atoms with E-state index in [-0.39, 0.29) is 46.5 Å². The van der Waals surface area contributed by atoms with Gasteiger partial charge in [-0.25, -0.2) is 13.2 Å². The first kappa shape index (κ1) is 41.8. The zero-order chi connectivity index (χ0) is 26.5. The monoisotopic (exact) mass is 645 g/mol. The smallest absolute Gasteiger partial charge is 1.00 e. The van der Waals surface area contributed by atoms with E-state index >= 15 is 0 Å². The molecule has 1 rings (SSSR count). The van der Waals surface area contributed by atoms with Crippen molar-refractivity contribution in [3.63, 3.8) is 0 Å². The summed E-state index contributed by atoms with van der Waals surface area (Å²) >= 11 is 0. The summed E-state index contributed by atoms with van der Waals surface area (Å²) < 4.78 is 160. The Morgan fingerprint density at radius 2 is 1.11 bits per heavy atom. The van der Waals surface area contributed by atoms with Crippen LogP contribution in [0.3, 0.4) is 0 Å². The van der Waals surface area contributed by atoms with Gasteiger partial charge in [0.2, 0.25) is 0 Å². The molecule has 0 saturated carbocycles. The number of nitrogens with one attached hydrogen (secondary N) is 2. The fraction of sp³-hybridized carbons (Fsp3) is 0.944. The van der Waals surface area contributed by atoms with Crippen molar-refractivity contribution in [2.45, 2.75) is 68.5 Å². The van der Waals surface area contributed by atoms with E-state index in [4.69, 9.17) is 0 Å². The molecular weight excluding hydrogens is 619 g/mol. The third-order valence-electron chi connectivity index (χ3n) is 5.57. The molecule has 3 atom stereocenters. The fourth-order valence-electron chi connectivity index (χ4n) is 3.65. The summed E-state index contributed by atoms with van der Waals surface area (Å²) in [7, 11) is 1.76. The van der Waals surface area contributed by atoms with Crippen LogP contribution in [0.1, 0.15) is 25.7 Å². The van der Waals surface area contributed by atoms with Gasteiger partial charge in [0, 0.05) is 6.54 Å². The van der Waals surface area contributed by atoms with Crippen LogP contribution in [0.2, 0.25) is 0 Å². The summed E-state index contributed by atoms with van der Waals surface area (Å²) in [5.74, 6) is 0. The van der Waals surface area contributed by atoms with Crippen LogP contribution < -0.4 is 35.4 Å². The summed E-state index contributed by atoms with van der Waals surface area (Å²) in [5, 5.41) is 3.77. The zero-order valence-electron chi connectivity index (χ0n) is 19.6. The first-order valence-electron chi connectivity index (χ1n) is 10.3. The molecule has 1 aliphatic heterocycles. The maximum Gasteiger partial charge on any atom is 3.00 e. The van der Waals surface area contributed by atoms with E-state index < -0.39 is 101 Å². The van der Waals surface area contributed by atoms with E-state index in [1.165, 1.54) is 0 Å². The second-order valence-electron chi connectivity index (χ2n) is 8.12. The molecule has 0 aromatic heterocycles. The van der Waals surface area contributed by atoms with Gasteiger partial charge in [0.05, 0.1) is 0 Å². The van der Waals surface area contributed by atoms with Gasteiger partial charge in [0.1, 0.15) is 18.1 Å². The van der Waals surface area contributed by atoms with Crippen LogP contribution in [0.4, 0.5) is 52.7 Å². The van der Waals surface area contributed by atoms with E-state index in [0.717, 1.165) is 14.1 Å². The Balaban J connectivity index is -0.00000385. The van der Waals surface area contributed by atoms with Crippen molar-refractivity contribution >= 4 is 0 Å². The SMILES string of the molecule is CN1CCC(C(F)(F)F)N(C)CCC(C(F)(F)F)NCCC(C(F)(F)F)NCC[C-]1C(F)(F)F.[Cl-].[Cl-].[Ti+3]. The summed E-state index contributed by atoms with van der Waals surface area (Å²) in [5.41, 5.74) is 0. The first-order valence-corrected chi connectivity index (χ1v) is 10.3. The van der Waals surface area contributed by atoms with Gasteiger partial charge in [0.15, 0.2) is 0 Å². The molecule has 0 bridgehead atoms. The molecule has 1 saturated heterocycles. The maximum absolute atomic E-state index is 13.5. The topological polar surface area (TPSA) is 30.5 Å². The minimum absolute atomic E-state index is 0. The van der Waals surface area contributed by atoms with E-state index in [2.05, 4.69) is 0 Å². The minimum Gasteiger partial charge on any atom is -1.00 e. The van der Waals surface area contributed by atoms with Crippen LogP contribution in [-0.2, 0) is 21.7 Å². The van der Waals surface area contributed by atoms with Gasteiger partial charge in [-0.2, -0.15) is 39.5 Å². The Labute approximate surface area is 234 Å². The van der Waals surface area contributed by atoms with Gasteiger partial charge in [-0.15, -0.1) is 12.5 Å². The molecule has 37 heavy (non-hydrogen) atoms. The number of rotatable bonds is 0. The van der Waals surface area contributed by atoms with Gasteiger partial charge in [-0.05, 0) is 53.0 Å². The molecule has 1 fully saturated rings. The molecule has 19 heteroatoms. The van der Waals surface area contributed by atoms with Crippen molar-refractivity contribution in [2.24, 2.45) is 0 Å². The van der Waals surface area contributed by atoms with Crippen LogP contribution in [0, 0.1) is 6.04 Å². The molecule has 0 amide bonds. The number of nitrogens with zero attached hydrogens (tertiary/aromatic N) is 2. The Morgan fingerprint density at radius 1 is 0.649 bits per heavy atom. The first-order chi connectivity index (χ1) is 15.2. The second kappa shape index (κ2) is 16.5. The quantitative estimate of drug-likeness (QED) is 0.191. The van der Waals surface area contributed by atoms with E-state index in [9.17, 15) is 52.7 Å². The zero-order valence-corrected chi connectivity index (χ0v) is 22.6. The Bertz CT molecular complexity index is 619. The molecule has 1 radical (unpaired) electrons. The Hall–Kier alpha value is 0.294. The fourth-order valence-corrected chi connectivity index (χ4v) is 3.65. The largest absolute Gasteiger partial charge is 3.00 e. The normalized spacial score (nSPS) is 25.9. The van der Waals surface area contributed by atoms with E-state index in [0.29, 0.717) is 9.80 Å². The summed E-state index contributed by atoms with van der Waals surface area (Å²) in [6, 6.07) is -8.37. The molecular formula is C18H27Cl2F12N4Ti. The van der Waals surface area contributed by atoms with E-state index in [1.54, 1.807) is 0 Å². The molecule has 2 N–H and O–H groups in total. The van der Waals surface area contributed by atoms with Crippen LogP contribution in [0.15, 0.2) is 0 Å². The van der Waals surface area contributed by atoms with Crippen molar-refractivity contribution in [2.75, 3.05) is 40.3 Å². The van der Waals surface area contributed by atoms with Crippen molar-refractivity contribution in [3.8, 4) is 0 Å². The van der Waals surface area contributed by atoms with Crippen molar-refractivity contribution in [3.05, 3.63) is 6.04 Å². The van der Waals surface area contributed by atoms with Crippen molar-refractivity contribution < 1.29 is 99.2 Å². The molecule has 1 aliphatic rings. The number of alkyl halides is 12. The molecule has 0 aliphatic carbocycles. The molecule has 0 aromatic rings. The van der Waals surface area contributed by atoms with Crippen LogP contribution in [0.5, 0.6) is 0 Å². The van der Waals surface area contributed by atoms with Crippen LogP contribution >= 0.6 is 0 Å². The van der Waals surface area contributed by atoms with Gasteiger partial charge in [-0.3, -0.25) is 4.90 Å². The predicted molar refractivity (Wildman–Crippen MR) is 98.6 cm³/mol. The molecule has 3 unspecified atom stereocenters. The predicted octanol–water partition coefficient (Wildman–Crippen LogP) is -1.50. The summed E-state index contributed by atoms with van der Waals surface area (Å²) in [4.78, 5) is 1.05. The number of hydrogen-bond donors (Lipinski definition) is 2. The van der Waals surface area contributed by atoms with Crippen molar-refractivity contribution in [1.82, 2.24) is 20.4 Å². The van der Waals surface area contributed by atoms with Gasteiger partial charge < -0.3 is 40.3 Å². The third-order valence-corrected chi connectivity index (χ3v) is 5.57. The van der Waals surface area contributed by atoms with E-state index in [1.807, 2.05) is 10.6 Å². The molecule has 0 aromatic carbocycles. The number of hydrogen-bond acceptors (Lipinski definition) is 4. The van der Waals surface area contributed by atoms with Gasteiger partial charge in [0.25, 0.3) is 6.18 Å². The van der Waals surface area contributed by atoms with Crippen LogP contribution in [0.25, 0.3) is 0 Å². The van der Waals surface area contributed by atoms with Crippen molar-refractivity contribution in [1.29, 1.82) is 0 Å². The Morgan fingerprint density at radius 3 is 1.54 bits per heavy atom. The standard InChI is InChI=1S/C18H27F12N4.2ClH.Ti/c1-33-9-5-12(16(22,23)24)31-7-3-11(15(19,20)21)32-8-4-13(17(25,26)27)34(2)10-6-14(33)18(28,29)30;;;/h11-12,14,31-32H,3-10H2,1-2H3;2*1H;/q-1;;;+3/p-2. The summed E-state index contributed by atoms with van der Waals surface area (Å²) in [6.45, 7) is -3.17. The maximum atomic E-state index is 13.5. The van der Waals surface area contributed by atoms with Gasteiger partial charge >= 0.3 is 40.2 Å². The molecule has 221 valence electrons.